The maximum Gasteiger partial charge on any atom is 0.351 e. The molecule has 0 atom stereocenters. The van der Waals surface area contributed by atoms with Crippen LogP contribution in [0.4, 0.5) is 20.6 Å². The highest BCUT2D eigenvalue weighted by Crippen LogP contribution is 2.39. The molecule has 0 radical (unpaired) electrons. The smallest absolute Gasteiger partial charge is 0.351 e. The van der Waals surface area contributed by atoms with Gasteiger partial charge in [0, 0.05) is 50.6 Å². The minimum absolute atomic E-state index is 0.00903. The molecule has 0 aromatic heterocycles. The van der Waals surface area contributed by atoms with E-state index in [2.05, 4.69) is 16.4 Å². The van der Waals surface area contributed by atoms with E-state index in [9.17, 15) is 14.7 Å². The van der Waals surface area contributed by atoms with Gasteiger partial charge in [-0.05, 0) is 78.2 Å². The highest BCUT2D eigenvalue weighted by Gasteiger charge is 2.31. The van der Waals surface area contributed by atoms with Crippen molar-refractivity contribution in [3.8, 4) is 23.0 Å². The number of hydrogen-bond acceptors (Lipinski definition) is 9. The molecule has 0 bridgehead atoms. The lowest BCUT2D eigenvalue weighted by molar-refractivity contribution is 0.0320. The Hall–Kier alpha value is -6.05. The highest BCUT2D eigenvalue weighted by molar-refractivity contribution is 6.02. The molecule has 0 spiro atoms. The second-order valence-electron chi connectivity index (χ2n) is 13.0. The van der Waals surface area contributed by atoms with Gasteiger partial charge in [-0.15, -0.1) is 0 Å². The lowest BCUT2D eigenvalue weighted by Crippen LogP contribution is -2.46. The Bertz CT molecular complexity index is 2080. The molecule has 0 saturated carbocycles. The van der Waals surface area contributed by atoms with E-state index in [0.717, 1.165) is 25.1 Å². The summed E-state index contributed by atoms with van der Waals surface area (Å²) < 4.78 is 38.1. The van der Waals surface area contributed by atoms with Crippen molar-refractivity contribution in [3.63, 3.8) is 0 Å². The number of carbonyl (C=O) groups is 2. The first-order valence-corrected chi connectivity index (χ1v) is 17.5. The van der Waals surface area contributed by atoms with Crippen LogP contribution < -0.4 is 24.5 Å². The molecule has 272 valence electrons. The number of phenolic OH excluding ortho intramolecular Hbond substituents is 1. The SMILES string of the molecule is O=C(c1cc2c(cc1C1=CC=CN(C(=O)N(c3ccc(O)cc3)c3ccc(OCCN4CCOCC4)c(F)c3)N1)OCO2)N1CCc2ccccc2C1. The normalized spacial score (nSPS) is 16.4. The minimum Gasteiger partial charge on any atom is -0.508 e. The standard InChI is InChI=1S/C40H38FN5O7/c41-34-22-30(9-12-36(34)51-21-18-43-16-19-50-20-17-43)46(29-7-10-31(47)11-8-29)40(49)45-14-3-6-35(42-45)32-23-37-38(53-26-52-37)24-33(32)39(48)44-15-13-27-4-1-2-5-28(27)25-44/h1-12,14,22-24,42,47H,13,15-21,25-26H2. The Balaban J connectivity index is 1.05. The molecule has 0 aliphatic carbocycles. The van der Waals surface area contributed by atoms with Gasteiger partial charge >= 0.3 is 6.03 Å². The largest absolute Gasteiger partial charge is 0.508 e. The number of amides is 3. The van der Waals surface area contributed by atoms with Crippen LogP contribution in [0.1, 0.15) is 27.0 Å². The van der Waals surface area contributed by atoms with Crippen LogP contribution in [0.2, 0.25) is 0 Å². The van der Waals surface area contributed by atoms with Gasteiger partial charge in [-0.25, -0.2) is 14.2 Å². The summed E-state index contributed by atoms with van der Waals surface area (Å²) in [5, 5.41) is 11.3. The van der Waals surface area contributed by atoms with Crippen LogP contribution in [0, 0.1) is 5.82 Å². The molecule has 8 rings (SSSR count). The molecule has 12 nitrogen and oxygen atoms in total. The lowest BCUT2D eigenvalue weighted by atomic mass is 9.97. The van der Waals surface area contributed by atoms with Gasteiger partial charge in [-0.1, -0.05) is 24.3 Å². The van der Waals surface area contributed by atoms with Crippen molar-refractivity contribution in [3.05, 3.63) is 125 Å². The second kappa shape index (κ2) is 14.9. The van der Waals surface area contributed by atoms with E-state index in [0.29, 0.717) is 73.5 Å². The van der Waals surface area contributed by atoms with Crippen LogP contribution in [0.25, 0.3) is 5.70 Å². The fourth-order valence-corrected chi connectivity index (χ4v) is 6.81. The molecule has 4 aliphatic rings. The zero-order valence-electron chi connectivity index (χ0n) is 28.9. The molecule has 1 fully saturated rings. The molecule has 2 N–H and O–H groups in total. The van der Waals surface area contributed by atoms with Crippen LogP contribution in [0.5, 0.6) is 23.0 Å². The molecule has 13 heteroatoms. The quantitative estimate of drug-likeness (QED) is 0.233. The van der Waals surface area contributed by atoms with Gasteiger partial charge in [0.05, 0.1) is 35.8 Å². The number of nitrogens with zero attached hydrogens (tertiary/aromatic N) is 4. The number of hydrogen-bond donors (Lipinski definition) is 2. The molecule has 3 amide bonds. The topological polar surface area (TPSA) is 116 Å². The molecule has 1 saturated heterocycles. The number of hydrazine groups is 1. The van der Waals surface area contributed by atoms with Crippen molar-refractivity contribution < 1.29 is 38.0 Å². The van der Waals surface area contributed by atoms with E-state index in [1.54, 1.807) is 42.5 Å². The lowest BCUT2D eigenvalue weighted by Gasteiger charge is -2.33. The maximum atomic E-state index is 15.6. The zero-order valence-corrected chi connectivity index (χ0v) is 28.9. The van der Waals surface area contributed by atoms with Crippen molar-refractivity contribution in [1.29, 1.82) is 0 Å². The second-order valence-corrected chi connectivity index (χ2v) is 13.0. The van der Waals surface area contributed by atoms with Crippen molar-refractivity contribution in [2.24, 2.45) is 0 Å². The average Bonchev–Trinajstić information content (AvgIpc) is 3.67. The Morgan fingerprint density at radius 1 is 0.906 bits per heavy atom. The predicted molar refractivity (Wildman–Crippen MR) is 194 cm³/mol. The summed E-state index contributed by atoms with van der Waals surface area (Å²) in [5.74, 6) is 0.199. The minimum atomic E-state index is -0.632. The number of fused-ring (bicyclic) bond motifs is 2. The zero-order chi connectivity index (χ0) is 36.3. The fraction of sp³-hybridized carbons (Fsp3) is 0.250. The monoisotopic (exact) mass is 719 g/mol. The number of morpholine rings is 1. The average molecular weight is 720 g/mol. The van der Waals surface area contributed by atoms with Gasteiger partial charge in [0.25, 0.3) is 5.91 Å². The van der Waals surface area contributed by atoms with Crippen LogP contribution in [0.15, 0.2) is 97.2 Å². The number of halogens is 1. The van der Waals surface area contributed by atoms with E-state index < -0.39 is 11.8 Å². The number of benzene rings is 4. The highest BCUT2D eigenvalue weighted by atomic mass is 19.1. The molecule has 4 heterocycles. The summed E-state index contributed by atoms with van der Waals surface area (Å²) in [6.45, 7) is 4.88. The van der Waals surface area contributed by atoms with Crippen LogP contribution >= 0.6 is 0 Å². The van der Waals surface area contributed by atoms with Gasteiger partial charge in [0.1, 0.15) is 12.4 Å². The van der Waals surface area contributed by atoms with Gasteiger partial charge < -0.3 is 29.0 Å². The molecular weight excluding hydrogens is 681 g/mol. The van der Waals surface area contributed by atoms with Crippen LogP contribution in [0.3, 0.4) is 0 Å². The third-order valence-corrected chi connectivity index (χ3v) is 9.64. The van der Waals surface area contributed by atoms with Gasteiger partial charge in [0.2, 0.25) is 6.79 Å². The van der Waals surface area contributed by atoms with Crippen molar-refractivity contribution in [2.45, 2.75) is 13.0 Å². The summed E-state index contributed by atoms with van der Waals surface area (Å²) in [5.41, 5.74) is 7.45. The summed E-state index contributed by atoms with van der Waals surface area (Å²) in [4.78, 5) is 33.9. The Kier molecular flexibility index (Phi) is 9.57. The van der Waals surface area contributed by atoms with E-state index in [-0.39, 0.29) is 29.9 Å². The van der Waals surface area contributed by atoms with Gasteiger partial charge in [0.15, 0.2) is 23.1 Å². The van der Waals surface area contributed by atoms with E-state index in [1.165, 1.54) is 45.9 Å². The Labute approximate surface area is 305 Å². The molecule has 4 aromatic carbocycles. The number of rotatable bonds is 8. The number of urea groups is 1. The number of aromatic hydroxyl groups is 1. The first kappa shape index (κ1) is 34.1. The van der Waals surface area contributed by atoms with E-state index in [4.69, 9.17) is 18.9 Å². The molecule has 4 aliphatic heterocycles. The number of ether oxygens (including phenoxy) is 4. The van der Waals surface area contributed by atoms with Crippen LogP contribution in [-0.2, 0) is 17.7 Å². The Morgan fingerprint density at radius 2 is 1.66 bits per heavy atom. The van der Waals surface area contributed by atoms with Gasteiger partial charge in [-0.3, -0.25) is 20.0 Å². The number of carbonyl (C=O) groups excluding carboxylic acids is 2. The first-order chi connectivity index (χ1) is 25.9. The molecule has 0 unspecified atom stereocenters. The van der Waals surface area contributed by atoms with Crippen molar-refractivity contribution in [1.82, 2.24) is 20.2 Å². The molecule has 4 aromatic rings. The number of nitrogens with one attached hydrogen (secondary N) is 1. The Morgan fingerprint density at radius 3 is 2.45 bits per heavy atom. The molecule has 53 heavy (non-hydrogen) atoms. The van der Waals surface area contributed by atoms with Gasteiger partial charge in [-0.2, -0.15) is 0 Å². The van der Waals surface area contributed by atoms with E-state index >= 15 is 4.39 Å². The maximum absolute atomic E-state index is 15.6. The first-order valence-electron chi connectivity index (χ1n) is 17.5. The van der Waals surface area contributed by atoms with Crippen molar-refractivity contribution >= 4 is 29.0 Å². The number of anilines is 2. The third kappa shape index (κ3) is 7.21. The summed E-state index contributed by atoms with van der Waals surface area (Å²) in [6.07, 6.45) is 5.72. The van der Waals surface area contributed by atoms with Crippen LogP contribution in [-0.4, -0.2) is 84.6 Å². The van der Waals surface area contributed by atoms with E-state index in [1.807, 2.05) is 23.1 Å². The number of phenols is 1. The summed E-state index contributed by atoms with van der Waals surface area (Å²) in [7, 11) is 0. The number of allylic oxidation sites excluding steroid dienone is 2. The summed E-state index contributed by atoms with van der Waals surface area (Å²) >= 11 is 0. The molecular formula is C40H38FN5O7. The summed E-state index contributed by atoms with van der Waals surface area (Å²) in [6, 6.07) is 21.3. The van der Waals surface area contributed by atoms with Crippen molar-refractivity contribution in [2.75, 3.05) is 57.7 Å². The fourth-order valence-electron chi connectivity index (χ4n) is 6.81. The predicted octanol–water partition coefficient (Wildman–Crippen LogP) is 5.80. The third-order valence-electron chi connectivity index (χ3n) is 9.64.